The van der Waals surface area contributed by atoms with Crippen molar-refractivity contribution in [1.82, 2.24) is 24.5 Å². The molecule has 4 heterocycles. The average Bonchev–Trinajstić information content (AvgIpc) is 3.46. The number of anilines is 1. The minimum atomic E-state index is -0.487. The summed E-state index contributed by atoms with van der Waals surface area (Å²) in [5, 5.41) is 9.88. The fraction of sp³-hybridized carbons (Fsp3) is 0.320. The molecule has 1 aliphatic carbocycles. The highest BCUT2D eigenvalue weighted by Crippen LogP contribution is 2.41. The predicted octanol–water partition coefficient (Wildman–Crippen LogP) is 5.17. The number of nitrogens with zero attached hydrogens (tertiary/aromatic N) is 5. The molecule has 1 saturated carbocycles. The second-order valence-electron chi connectivity index (χ2n) is 9.20. The van der Waals surface area contributed by atoms with E-state index in [-0.39, 0.29) is 11.6 Å². The van der Waals surface area contributed by atoms with Crippen LogP contribution in [0, 0.1) is 11.7 Å². The minimum absolute atomic E-state index is 0.269. The molecule has 9 heteroatoms. The third-order valence-electron chi connectivity index (χ3n) is 6.57. The van der Waals surface area contributed by atoms with E-state index in [0.29, 0.717) is 28.8 Å². The number of rotatable bonds is 2. The smallest absolute Gasteiger partial charge is 0.166 e. The van der Waals surface area contributed by atoms with E-state index in [1.54, 1.807) is 16.9 Å². The Morgan fingerprint density at radius 3 is 2.85 bits per heavy atom. The first-order valence-electron chi connectivity index (χ1n) is 11.4. The zero-order valence-corrected chi connectivity index (χ0v) is 19.7. The van der Waals surface area contributed by atoms with E-state index < -0.39 is 6.10 Å². The number of ether oxygens (including phenoxy) is 1. The fourth-order valence-corrected chi connectivity index (χ4v) is 4.98. The Hall–Kier alpha value is -3.39. The summed E-state index contributed by atoms with van der Waals surface area (Å²) in [4.78, 5) is 4.41. The first kappa shape index (κ1) is 21.2. The lowest BCUT2D eigenvalue weighted by Crippen LogP contribution is -2.10. The second-order valence-corrected chi connectivity index (χ2v) is 9.55. The molecule has 1 aliphatic heterocycles. The molecule has 0 spiro atoms. The molecule has 2 N–H and O–H groups in total. The van der Waals surface area contributed by atoms with Crippen LogP contribution in [-0.4, -0.2) is 24.5 Å². The van der Waals surface area contributed by atoms with E-state index in [1.807, 2.05) is 30.9 Å². The average molecular weight is 479 g/mol. The van der Waals surface area contributed by atoms with Crippen molar-refractivity contribution in [1.29, 1.82) is 0 Å². The Morgan fingerprint density at radius 2 is 2.06 bits per heavy atom. The van der Waals surface area contributed by atoms with Gasteiger partial charge in [-0.05, 0) is 49.9 Å². The van der Waals surface area contributed by atoms with Gasteiger partial charge in [-0.15, -0.1) is 0 Å². The molecule has 1 aromatic carbocycles. The number of benzene rings is 1. The van der Waals surface area contributed by atoms with Crippen LogP contribution in [0.3, 0.4) is 0 Å². The Balaban J connectivity index is 1.62. The Kier molecular flexibility index (Phi) is 4.88. The molecule has 1 atom stereocenters. The summed E-state index contributed by atoms with van der Waals surface area (Å²) >= 11 is 6.73. The van der Waals surface area contributed by atoms with Gasteiger partial charge < -0.3 is 10.5 Å². The van der Waals surface area contributed by atoms with Gasteiger partial charge >= 0.3 is 0 Å². The number of nitrogen functional groups attached to an aromatic ring is 1. The van der Waals surface area contributed by atoms with Crippen molar-refractivity contribution in [2.45, 2.75) is 38.8 Å². The maximum absolute atomic E-state index is 14.3. The van der Waals surface area contributed by atoms with Crippen LogP contribution in [0.4, 0.5) is 10.2 Å². The summed E-state index contributed by atoms with van der Waals surface area (Å²) in [5.74, 6) is 0.966. The molecule has 4 aromatic rings. The number of fused-ring (bicyclic) bond motifs is 7. The van der Waals surface area contributed by atoms with Crippen molar-refractivity contribution in [3.63, 3.8) is 0 Å². The molecule has 6 rings (SSSR count). The number of aromatic nitrogens is 5. The zero-order chi connectivity index (χ0) is 23.6. The van der Waals surface area contributed by atoms with Crippen molar-refractivity contribution in [2.75, 3.05) is 5.73 Å². The summed E-state index contributed by atoms with van der Waals surface area (Å²) in [6.45, 7) is 2.67. The Morgan fingerprint density at radius 1 is 1.24 bits per heavy atom. The summed E-state index contributed by atoms with van der Waals surface area (Å²) in [6.07, 6.45) is 6.13. The number of hydrogen-bond acceptors (Lipinski definition) is 5. The highest BCUT2D eigenvalue weighted by Gasteiger charge is 2.29. The van der Waals surface area contributed by atoms with Crippen LogP contribution in [0.1, 0.15) is 42.6 Å². The van der Waals surface area contributed by atoms with Gasteiger partial charge in [-0.2, -0.15) is 10.2 Å². The molecular formula is C25H24ClFN6O. The number of pyridine rings is 1. The molecule has 7 nitrogen and oxygen atoms in total. The third-order valence-corrected chi connectivity index (χ3v) is 6.87. The molecular weight excluding hydrogens is 455 g/mol. The fourth-order valence-electron chi connectivity index (χ4n) is 4.73. The van der Waals surface area contributed by atoms with Crippen molar-refractivity contribution in [3.05, 3.63) is 64.3 Å². The number of aryl methyl sites for hydroxylation is 1. The van der Waals surface area contributed by atoms with Gasteiger partial charge in [0.1, 0.15) is 11.9 Å². The van der Waals surface area contributed by atoms with Gasteiger partial charge in [0.2, 0.25) is 0 Å². The van der Waals surface area contributed by atoms with Crippen molar-refractivity contribution >= 4 is 17.4 Å². The van der Waals surface area contributed by atoms with Crippen molar-refractivity contribution in [3.8, 4) is 28.3 Å². The van der Waals surface area contributed by atoms with Crippen LogP contribution in [-0.2, 0) is 20.0 Å². The van der Waals surface area contributed by atoms with Gasteiger partial charge in [-0.3, -0.25) is 9.36 Å². The monoisotopic (exact) mass is 478 g/mol. The lowest BCUT2D eigenvalue weighted by Gasteiger charge is -2.21. The molecule has 3 aromatic heterocycles. The summed E-state index contributed by atoms with van der Waals surface area (Å²) in [5.41, 5.74) is 12.0. The highest BCUT2D eigenvalue weighted by molar-refractivity contribution is 6.30. The van der Waals surface area contributed by atoms with Gasteiger partial charge in [0, 0.05) is 60.2 Å². The van der Waals surface area contributed by atoms with Crippen molar-refractivity contribution < 1.29 is 9.13 Å². The van der Waals surface area contributed by atoms with E-state index in [1.165, 1.54) is 25.0 Å². The van der Waals surface area contributed by atoms with Crippen LogP contribution in [0.25, 0.3) is 22.5 Å². The lowest BCUT2D eigenvalue weighted by atomic mass is 9.94. The third kappa shape index (κ3) is 3.62. The first-order chi connectivity index (χ1) is 16.4. The Labute approximate surface area is 201 Å². The molecule has 2 aliphatic rings. The minimum Gasteiger partial charge on any atom is -0.482 e. The second kappa shape index (κ2) is 7.84. The topological polar surface area (TPSA) is 83.8 Å². The number of nitrogens with two attached hydrogens (primary N) is 1. The van der Waals surface area contributed by atoms with Gasteiger partial charge in [0.25, 0.3) is 0 Å². The SMILES string of the molecule is C[C@H]1Oc2cc(cnc2N)-c2c(c(Cl)nn2CC2CC2)Cc2cn(C)nc2-c2ccc(F)cc21. The summed E-state index contributed by atoms with van der Waals surface area (Å²) < 4.78 is 24.3. The van der Waals surface area contributed by atoms with Gasteiger partial charge in [0.15, 0.2) is 16.7 Å². The van der Waals surface area contributed by atoms with Crippen LogP contribution < -0.4 is 10.5 Å². The molecule has 34 heavy (non-hydrogen) atoms. The van der Waals surface area contributed by atoms with E-state index in [2.05, 4.69) is 4.98 Å². The van der Waals surface area contributed by atoms with Gasteiger partial charge in [-0.1, -0.05) is 11.6 Å². The van der Waals surface area contributed by atoms with Crippen LogP contribution >= 0.6 is 11.6 Å². The van der Waals surface area contributed by atoms with E-state index >= 15 is 0 Å². The molecule has 174 valence electrons. The number of halogens is 2. The standard InChI is InChI=1S/C25H24ClFN6O/c1-13-19-9-17(27)5-6-18(19)22-16(12-32(2)30-22)7-20-23(15-8-21(34-13)25(28)29-10-15)33(31-24(20)26)11-14-3-4-14/h5-6,8-10,12-14H,3-4,7,11H2,1-2H3,(H2,28,29)/t13-/m1/s1. The van der Waals surface area contributed by atoms with Gasteiger partial charge in [0.05, 0.1) is 11.4 Å². The molecule has 0 radical (unpaired) electrons. The molecule has 0 unspecified atom stereocenters. The van der Waals surface area contributed by atoms with Crippen molar-refractivity contribution in [2.24, 2.45) is 13.0 Å². The molecule has 0 saturated heterocycles. The molecule has 2 bridgehead atoms. The molecule has 1 fully saturated rings. The van der Waals surface area contributed by atoms with Crippen LogP contribution in [0.5, 0.6) is 5.75 Å². The summed E-state index contributed by atoms with van der Waals surface area (Å²) in [6, 6.07) is 6.56. The van der Waals surface area contributed by atoms with Crippen LogP contribution in [0.15, 0.2) is 36.7 Å². The van der Waals surface area contributed by atoms with Crippen LogP contribution in [0.2, 0.25) is 5.15 Å². The highest BCUT2D eigenvalue weighted by atomic mass is 35.5. The van der Waals surface area contributed by atoms with Gasteiger partial charge in [-0.25, -0.2) is 9.37 Å². The Bertz CT molecular complexity index is 1420. The molecule has 0 amide bonds. The zero-order valence-electron chi connectivity index (χ0n) is 18.9. The maximum atomic E-state index is 14.3. The predicted molar refractivity (Wildman–Crippen MR) is 128 cm³/mol. The lowest BCUT2D eigenvalue weighted by molar-refractivity contribution is 0.227. The van der Waals surface area contributed by atoms with E-state index in [9.17, 15) is 4.39 Å². The van der Waals surface area contributed by atoms with E-state index in [4.69, 9.17) is 32.3 Å². The number of hydrogen-bond donors (Lipinski definition) is 1. The van der Waals surface area contributed by atoms with E-state index in [0.717, 1.165) is 40.2 Å². The quantitative estimate of drug-likeness (QED) is 0.429. The normalized spacial score (nSPS) is 17.1. The maximum Gasteiger partial charge on any atom is 0.166 e. The summed E-state index contributed by atoms with van der Waals surface area (Å²) in [7, 11) is 1.88. The first-order valence-corrected chi connectivity index (χ1v) is 11.7. The largest absolute Gasteiger partial charge is 0.482 e.